The average molecular weight is 490 g/mol. The van der Waals surface area contributed by atoms with Crippen LogP contribution < -0.4 is 4.74 Å². The van der Waals surface area contributed by atoms with Gasteiger partial charge < -0.3 is 14.4 Å². The first kappa shape index (κ1) is 23.4. The molecular weight excluding hydrogens is 462 g/mol. The smallest absolute Gasteiger partial charge is 0.269 e. The van der Waals surface area contributed by atoms with E-state index in [1.807, 2.05) is 48.5 Å². The Bertz CT molecular complexity index is 1280. The van der Waals surface area contributed by atoms with Gasteiger partial charge in [0.1, 0.15) is 23.5 Å². The Morgan fingerprint density at radius 2 is 1.89 bits per heavy atom. The van der Waals surface area contributed by atoms with E-state index in [0.717, 1.165) is 52.3 Å². The molecule has 3 aromatic carbocycles. The van der Waals surface area contributed by atoms with Gasteiger partial charge in [0.25, 0.3) is 5.69 Å². The molecule has 0 amide bonds. The molecule has 5 rings (SSSR count). The van der Waals surface area contributed by atoms with Gasteiger partial charge in [0, 0.05) is 25.2 Å². The third kappa shape index (κ3) is 5.67. The minimum absolute atomic E-state index is 0.0577. The summed E-state index contributed by atoms with van der Waals surface area (Å²) in [7, 11) is 2.14. The number of rotatable bonds is 8. The molecule has 0 N–H and O–H groups in total. The van der Waals surface area contributed by atoms with Crippen LogP contribution in [-0.4, -0.2) is 41.0 Å². The van der Waals surface area contributed by atoms with E-state index in [1.165, 1.54) is 12.1 Å². The molecule has 2 heterocycles. The van der Waals surface area contributed by atoms with E-state index in [9.17, 15) is 10.1 Å². The molecule has 180 valence electrons. The lowest BCUT2D eigenvalue weighted by Crippen LogP contribution is -2.35. The summed E-state index contributed by atoms with van der Waals surface area (Å²) in [6.07, 6.45) is 1.85. The summed E-state index contributed by atoms with van der Waals surface area (Å²) in [4.78, 5) is 17.9. The predicted octanol–water partition coefficient (Wildman–Crippen LogP) is 5.98. The summed E-state index contributed by atoms with van der Waals surface area (Å²) >= 11 is 1.66. The summed E-state index contributed by atoms with van der Waals surface area (Å²) in [5, 5.41) is 12.0. The Morgan fingerprint density at radius 1 is 1.09 bits per heavy atom. The first-order chi connectivity index (χ1) is 17.0. The first-order valence-corrected chi connectivity index (χ1v) is 12.5. The zero-order chi connectivity index (χ0) is 24.2. The fourth-order valence-electron chi connectivity index (χ4n) is 4.29. The van der Waals surface area contributed by atoms with Crippen LogP contribution in [0.1, 0.15) is 35.1 Å². The molecule has 4 aromatic rings. The highest BCUT2D eigenvalue weighted by Crippen LogP contribution is 2.36. The van der Waals surface area contributed by atoms with Crippen molar-refractivity contribution in [3.8, 4) is 5.75 Å². The van der Waals surface area contributed by atoms with Crippen molar-refractivity contribution in [3.05, 3.63) is 99.0 Å². The van der Waals surface area contributed by atoms with Crippen LogP contribution in [0.25, 0.3) is 10.2 Å². The van der Waals surface area contributed by atoms with E-state index in [4.69, 9.17) is 14.5 Å². The number of hydrogen-bond acceptors (Lipinski definition) is 7. The van der Waals surface area contributed by atoms with Crippen LogP contribution in [0.3, 0.4) is 0 Å². The summed E-state index contributed by atoms with van der Waals surface area (Å²) in [5.74, 6) is 0.687. The number of likely N-dealkylation sites (tertiary alicyclic amines) is 1. The second-order valence-corrected chi connectivity index (χ2v) is 9.89. The van der Waals surface area contributed by atoms with Gasteiger partial charge in [-0.15, -0.1) is 11.3 Å². The molecule has 1 aliphatic rings. The number of fused-ring (bicyclic) bond motifs is 1. The summed E-state index contributed by atoms with van der Waals surface area (Å²) in [5.41, 5.74) is 2.76. The molecule has 1 aromatic heterocycles. The number of thiazole rings is 1. The monoisotopic (exact) mass is 489 g/mol. The number of nitro groups is 1. The highest BCUT2D eigenvalue weighted by Gasteiger charge is 2.26. The van der Waals surface area contributed by atoms with Crippen molar-refractivity contribution >= 4 is 27.2 Å². The topological polar surface area (TPSA) is 77.7 Å². The van der Waals surface area contributed by atoms with Crippen molar-refractivity contribution in [3.63, 3.8) is 0 Å². The number of para-hydroxylation sites is 1. The third-order valence-electron chi connectivity index (χ3n) is 6.22. The van der Waals surface area contributed by atoms with Crippen molar-refractivity contribution in [2.24, 2.45) is 0 Å². The Morgan fingerprint density at radius 3 is 2.69 bits per heavy atom. The van der Waals surface area contributed by atoms with Crippen LogP contribution in [0.4, 0.5) is 5.69 Å². The Labute approximate surface area is 208 Å². The molecule has 1 fully saturated rings. The minimum atomic E-state index is -0.396. The van der Waals surface area contributed by atoms with E-state index >= 15 is 0 Å². The maximum atomic E-state index is 11.1. The van der Waals surface area contributed by atoms with Crippen molar-refractivity contribution < 1.29 is 14.4 Å². The number of hydrogen-bond donors (Lipinski definition) is 0. The fraction of sp³-hybridized carbons (Fsp3) is 0.296. The highest BCUT2D eigenvalue weighted by atomic mass is 32.1. The van der Waals surface area contributed by atoms with E-state index in [1.54, 1.807) is 17.4 Å². The normalized spacial score (nSPS) is 15.8. The van der Waals surface area contributed by atoms with Crippen LogP contribution in [0.5, 0.6) is 5.75 Å². The predicted molar refractivity (Wildman–Crippen MR) is 137 cm³/mol. The number of non-ortho nitro benzene ring substituents is 1. The van der Waals surface area contributed by atoms with Crippen LogP contribution in [0, 0.1) is 10.1 Å². The third-order valence-corrected chi connectivity index (χ3v) is 7.30. The SMILES string of the molecule is CN1CCC(OC(c2cccc(OCc3cccc([N+](=O)[O-])c3)c2)c2nc3ccccc3s2)CC1. The van der Waals surface area contributed by atoms with E-state index < -0.39 is 4.92 Å². The number of nitrogens with zero attached hydrogens (tertiary/aromatic N) is 3. The number of ether oxygens (including phenoxy) is 2. The van der Waals surface area contributed by atoms with Gasteiger partial charge in [0.15, 0.2) is 0 Å². The maximum Gasteiger partial charge on any atom is 0.269 e. The molecule has 1 aliphatic heterocycles. The van der Waals surface area contributed by atoms with Gasteiger partial charge >= 0.3 is 0 Å². The molecule has 8 heteroatoms. The van der Waals surface area contributed by atoms with E-state index in [-0.39, 0.29) is 24.5 Å². The molecule has 0 spiro atoms. The van der Waals surface area contributed by atoms with E-state index in [2.05, 4.69) is 18.0 Å². The van der Waals surface area contributed by atoms with Gasteiger partial charge in [-0.1, -0.05) is 36.4 Å². The number of piperidine rings is 1. The molecule has 1 atom stereocenters. The molecule has 35 heavy (non-hydrogen) atoms. The molecule has 0 bridgehead atoms. The zero-order valence-electron chi connectivity index (χ0n) is 19.5. The second-order valence-electron chi connectivity index (χ2n) is 8.83. The van der Waals surface area contributed by atoms with E-state index in [0.29, 0.717) is 5.75 Å². The van der Waals surface area contributed by atoms with Crippen molar-refractivity contribution in [1.29, 1.82) is 0 Å². The van der Waals surface area contributed by atoms with Crippen molar-refractivity contribution in [1.82, 2.24) is 9.88 Å². The summed E-state index contributed by atoms with van der Waals surface area (Å²) in [6.45, 7) is 2.28. The van der Waals surface area contributed by atoms with Gasteiger partial charge in [-0.25, -0.2) is 4.98 Å². The first-order valence-electron chi connectivity index (χ1n) is 11.7. The van der Waals surface area contributed by atoms with Gasteiger partial charge in [-0.05, 0) is 55.3 Å². The Hall–Kier alpha value is -3.33. The quantitative estimate of drug-likeness (QED) is 0.224. The molecule has 7 nitrogen and oxygen atoms in total. The molecule has 0 saturated carbocycles. The lowest BCUT2D eigenvalue weighted by molar-refractivity contribution is -0.384. The van der Waals surface area contributed by atoms with Gasteiger partial charge in [0.2, 0.25) is 0 Å². The number of benzene rings is 3. The number of nitro benzene ring substituents is 1. The average Bonchev–Trinajstić information content (AvgIpc) is 3.31. The van der Waals surface area contributed by atoms with Crippen LogP contribution in [0.15, 0.2) is 72.8 Å². The highest BCUT2D eigenvalue weighted by molar-refractivity contribution is 7.18. The summed E-state index contributed by atoms with van der Waals surface area (Å²) < 4.78 is 13.8. The van der Waals surface area contributed by atoms with Crippen molar-refractivity contribution in [2.75, 3.05) is 20.1 Å². The largest absolute Gasteiger partial charge is 0.489 e. The lowest BCUT2D eigenvalue weighted by atomic mass is 10.1. The molecule has 0 aliphatic carbocycles. The Kier molecular flexibility index (Phi) is 7.03. The standard InChI is InChI=1S/C27H27N3O4S/c1-29-14-12-22(13-15-29)34-26(27-28-24-10-2-3-11-25(24)35-27)20-7-5-9-23(17-20)33-18-19-6-4-8-21(16-19)30(31)32/h2-11,16-17,22,26H,12-15,18H2,1H3. The second kappa shape index (κ2) is 10.5. The molecule has 0 radical (unpaired) electrons. The minimum Gasteiger partial charge on any atom is -0.489 e. The molecule has 1 unspecified atom stereocenters. The number of aromatic nitrogens is 1. The molecule has 1 saturated heterocycles. The summed E-state index contributed by atoms with van der Waals surface area (Å²) in [6, 6.07) is 22.5. The van der Waals surface area contributed by atoms with Gasteiger partial charge in [-0.3, -0.25) is 10.1 Å². The van der Waals surface area contributed by atoms with Crippen molar-refractivity contribution in [2.45, 2.75) is 31.7 Å². The maximum absolute atomic E-state index is 11.1. The Balaban J connectivity index is 1.39. The molecular formula is C27H27N3O4S. The van der Waals surface area contributed by atoms with Crippen LogP contribution in [-0.2, 0) is 11.3 Å². The van der Waals surface area contributed by atoms with Crippen LogP contribution in [0.2, 0.25) is 0 Å². The fourth-order valence-corrected chi connectivity index (χ4v) is 5.32. The van der Waals surface area contributed by atoms with Gasteiger partial charge in [0.05, 0.1) is 21.2 Å². The van der Waals surface area contributed by atoms with Gasteiger partial charge in [-0.2, -0.15) is 0 Å². The van der Waals surface area contributed by atoms with Crippen LogP contribution >= 0.6 is 11.3 Å². The lowest BCUT2D eigenvalue weighted by Gasteiger charge is -2.31. The zero-order valence-corrected chi connectivity index (χ0v) is 20.3.